The van der Waals surface area contributed by atoms with Crippen molar-refractivity contribution < 1.29 is 34.0 Å². The molecule has 0 amide bonds. The Hall–Kier alpha value is -1.18. The third-order valence-electron chi connectivity index (χ3n) is 3.06. The first-order valence-corrected chi connectivity index (χ1v) is 9.21. The molecule has 0 saturated heterocycles. The van der Waals surface area contributed by atoms with Crippen molar-refractivity contribution in [2.24, 2.45) is 0 Å². The van der Waals surface area contributed by atoms with Gasteiger partial charge in [0, 0.05) is 26.1 Å². The molecule has 0 spiro atoms. The van der Waals surface area contributed by atoms with E-state index in [0.29, 0.717) is 39.3 Å². The van der Waals surface area contributed by atoms with Gasteiger partial charge in [-0.2, -0.15) is 0 Å². The Morgan fingerprint density at radius 3 is 1.20 bits per heavy atom. The number of unbranched alkanes of at least 4 members (excludes halogenated alkanes) is 3. The van der Waals surface area contributed by atoms with E-state index in [1.807, 2.05) is 0 Å². The second-order valence-electron chi connectivity index (χ2n) is 5.54. The first-order chi connectivity index (χ1) is 12.0. The molecule has 0 aromatic carbocycles. The molecule has 0 aromatic rings. The number of ether oxygens (including phenoxy) is 3. The second-order valence-corrected chi connectivity index (χ2v) is 5.54. The number of rotatable bonds is 17. The van der Waals surface area contributed by atoms with Crippen LogP contribution >= 0.6 is 0 Å². The molecule has 0 radical (unpaired) electrons. The molecule has 0 fully saturated rings. The van der Waals surface area contributed by atoms with Gasteiger partial charge in [-0.1, -0.05) is 26.7 Å². The summed E-state index contributed by atoms with van der Waals surface area (Å²) in [7, 11) is 0. The Morgan fingerprint density at radius 1 is 0.600 bits per heavy atom. The van der Waals surface area contributed by atoms with Crippen molar-refractivity contribution in [1.82, 2.24) is 0 Å². The molecule has 0 atom stereocenters. The lowest BCUT2D eigenvalue weighted by Crippen LogP contribution is -2.10. The smallest absolute Gasteiger partial charge is 0.303 e. The highest BCUT2D eigenvalue weighted by molar-refractivity contribution is 5.67. The van der Waals surface area contributed by atoms with Crippen LogP contribution < -0.4 is 0 Å². The van der Waals surface area contributed by atoms with Crippen molar-refractivity contribution in [3.05, 3.63) is 0 Å². The van der Waals surface area contributed by atoms with Gasteiger partial charge in [0.1, 0.15) is 0 Å². The average Bonchev–Trinajstić information content (AvgIpc) is 2.57. The molecule has 0 aliphatic heterocycles. The maximum atomic E-state index is 9.90. The van der Waals surface area contributed by atoms with Gasteiger partial charge < -0.3 is 24.4 Å². The molecule has 0 unspecified atom stereocenters. The molecule has 0 saturated carbocycles. The topological polar surface area (TPSA) is 102 Å². The Morgan fingerprint density at radius 2 is 0.920 bits per heavy atom. The Balaban J connectivity index is 0. The number of carboxylic acid groups (broad SMARTS) is 2. The normalized spacial score (nSPS) is 10.2. The molecule has 0 rings (SSSR count). The van der Waals surface area contributed by atoms with Crippen LogP contribution in [0.1, 0.15) is 65.2 Å². The van der Waals surface area contributed by atoms with Crippen molar-refractivity contribution in [2.75, 3.05) is 39.6 Å². The van der Waals surface area contributed by atoms with Crippen LogP contribution in [0.2, 0.25) is 0 Å². The van der Waals surface area contributed by atoms with Crippen molar-refractivity contribution in [2.45, 2.75) is 65.2 Å². The van der Waals surface area contributed by atoms with E-state index in [9.17, 15) is 9.59 Å². The summed E-state index contributed by atoms with van der Waals surface area (Å²) in [5, 5.41) is 16.3. The van der Waals surface area contributed by atoms with Crippen molar-refractivity contribution in [3.8, 4) is 0 Å². The lowest BCUT2D eigenvalue weighted by molar-refractivity contribution is -0.139. The van der Waals surface area contributed by atoms with E-state index in [4.69, 9.17) is 24.4 Å². The summed E-state index contributed by atoms with van der Waals surface area (Å²) in [5.74, 6) is -1.74. The summed E-state index contributed by atoms with van der Waals surface area (Å²) in [6.45, 7) is 8.80. The van der Waals surface area contributed by atoms with Crippen molar-refractivity contribution in [3.63, 3.8) is 0 Å². The van der Waals surface area contributed by atoms with E-state index in [0.717, 1.165) is 26.1 Å². The number of carboxylic acids is 2. The fourth-order valence-electron chi connectivity index (χ4n) is 1.59. The summed E-state index contributed by atoms with van der Waals surface area (Å²) >= 11 is 0. The van der Waals surface area contributed by atoms with Gasteiger partial charge >= 0.3 is 11.9 Å². The predicted molar refractivity (Wildman–Crippen MR) is 96.0 cm³/mol. The summed E-state index contributed by atoms with van der Waals surface area (Å²) in [6, 6.07) is 0. The van der Waals surface area contributed by atoms with Crippen LogP contribution in [0.3, 0.4) is 0 Å². The molecule has 150 valence electrons. The van der Waals surface area contributed by atoms with Crippen LogP contribution in [0.4, 0.5) is 0 Å². The highest BCUT2D eigenvalue weighted by atomic mass is 16.5. The van der Waals surface area contributed by atoms with Crippen molar-refractivity contribution in [1.29, 1.82) is 0 Å². The molecule has 0 bridgehead atoms. The third-order valence-corrected chi connectivity index (χ3v) is 3.06. The lowest BCUT2D eigenvalue weighted by Gasteiger charge is -2.06. The van der Waals surface area contributed by atoms with Crippen LogP contribution in [0.5, 0.6) is 0 Å². The number of hydrogen-bond donors (Lipinski definition) is 2. The molecule has 0 aliphatic rings. The lowest BCUT2D eigenvalue weighted by atomic mass is 10.2. The van der Waals surface area contributed by atoms with Gasteiger partial charge in [0.2, 0.25) is 0 Å². The summed E-state index contributed by atoms with van der Waals surface area (Å²) < 4.78 is 16.1. The molecular weight excluding hydrogens is 328 g/mol. The fourth-order valence-corrected chi connectivity index (χ4v) is 1.59. The first-order valence-electron chi connectivity index (χ1n) is 9.21. The zero-order chi connectivity index (χ0) is 19.2. The minimum atomic E-state index is -0.870. The molecule has 7 nitrogen and oxygen atoms in total. The van der Waals surface area contributed by atoms with E-state index in [-0.39, 0.29) is 12.8 Å². The van der Waals surface area contributed by atoms with E-state index in [1.165, 1.54) is 12.8 Å². The number of aliphatic carboxylic acids is 2. The molecule has 2 N–H and O–H groups in total. The van der Waals surface area contributed by atoms with E-state index >= 15 is 0 Å². The molecule has 7 heteroatoms. The van der Waals surface area contributed by atoms with Crippen LogP contribution in [0, 0.1) is 0 Å². The van der Waals surface area contributed by atoms with E-state index in [2.05, 4.69) is 13.8 Å². The Kier molecular flexibility index (Phi) is 23.8. The van der Waals surface area contributed by atoms with Gasteiger partial charge in [-0.15, -0.1) is 0 Å². The monoisotopic (exact) mass is 364 g/mol. The fraction of sp³-hybridized carbons (Fsp3) is 0.889. The molecule has 25 heavy (non-hydrogen) atoms. The number of hydrogen-bond acceptors (Lipinski definition) is 5. The van der Waals surface area contributed by atoms with Gasteiger partial charge in [0.05, 0.1) is 26.4 Å². The van der Waals surface area contributed by atoms with Crippen LogP contribution in [0.25, 0.3) is 0 Å². The summed E-state index contributed by atoms with van der Waals surface area (Å²) in [4.78, 5) is 19.8. The van der Waals surface area contributed by atoms with E-state index < -0.39 is 11.9 Å². The molecule has 0 aromatic heterocycles. The average molecular weight is 364 g/mol. The van der Waals surface area contributed by atoms with Gasteiger partial charge in [-0.05, 0) is 25.7 Å². The zero-order valence-electron chi connectivity index (χ0n) is 15.8. The first kappa shape index (κ1) is 26.1. The van der Waals surface area contributed by atoms with Crippen LogP contribution in [-0.2, 0) is 23.8 Å². The minimum absolute atomic E-state index is 0.0628. The molecule has 0 heterocycles. The largest absolute Gasteiger partial charge is 0.481 e. The maximum Gasteiger partial charge on any atom is 0.303 e. The quantitative estimate of drug-likeness (QED) is 0.382. The second kappa shape index (κ2) is 22.8. The maximum absolute atomic E-state index is 9.90. The predicted octanol–water partition coefficient (Wildman–Crippen LogP) is 3.35. The van der Waals surface area contributed by atoms with Gasteiger partial charge in [-0.3, -0.25) is 9.59 Å². The molecular formula is C18H36O7. The van der Waals surface area contributed by atoms with Crippen LogP contribution in [-0.4, -0.2) is 61.8 Å². The number of carbonyl (C=O) groups is 2. The van der Waals surface area contributed by atoms with Gasteiger partial charge in [-0.25, -0.2) is 0 Å². The highest BCUT2D eigenvalue weighted by Crippen LogP contribution is 1.98. The van der Waals surface area contributed by atoms with Gasteiger partial charge in [0.25, 0.3) is 0 Å². The van der Waals surface area contributed by atoms with E-state index in [1.54, 1.807) is 0 Å². The third kappa shape index (κ3) is 31.2. The Labute approximate surface area is 151 Å². The van der Waals surface area contributed by atoms with Crippen molar-refractivity contribution >= 4 is 11.9 Å². The van der Waals surface area contributed by atoms with Crippen LogP contribution in [0.15, 0.2) is 0 Å². The highest BCUT2D eigenvalue weighted by Gasteiger charge is 1.99. The Bertz CT molecular complexity index is 267. The van der Waals surface area contributed by atoms with Gasteiger partial charge in [0.15, 0.2) is 0 Å². The molecule has 0 aliphatic carbocycles. The SMILES string of the molecule is CCCCOCCOCCOCCCC.O=C(O)CCCCC(=O)O. The summed E-state index contributed by atoms with van der Waals surface area (Å²) in [5.41, 5.74) is 0. The minimum Gasteiger partial charge on any atom is -0.481 e. The standard InChI is InChI=1S/C12H26O3.C6H10O4/c1-3-5-7-13-9-11-15-12-10-14-8-6-4-2;7-5(8)3-1-2-4-6(9)10/h3-12H2,1-2H3;1-4H2,(H,7,8)(H,9,10). The summed E-state index contributed by atoms with van der Waals surface area (Å²) in [6.07, 6.45) is 5.67. The zero-order valence-corrected chi connectivity index (χ0v) is 15.8.